The van der Waals surface area contributed by atoms with E-state index in [1.165, 1.54) is 4.90 Å². The van der Waals surface area contributed by atoms with Crippen molar-refractivity contribution in [3.63, 3.8) is 0 Å². The molecule has 15 heteroatoms. The molecule has 0 bridgehead atoms. The second-order valence-corrected chi connectivity index (χ2v) is 19.3. The molecule has 2 aliphatic carbocycles. The lowest BCUT2D eigenvalue weighted by Crippen LogP contribution is -2.58. The molecule has 3 fully saturated rings. The van der Waals surface area contributed by atoms with E-state index in [1.54, 1.807) is 20.8 Å². The van der Waals surface area contributed by atoms with Crippen molar-refractivity contribution in [2.24, 2.45) is 23.0 Å². The number of ether oxygens (including phenoxy) is 2. The van der Waals surface area contributed by atoms with Crippen LogP contribution in [0.25, 0.3) is 11.0 Å². The number of likely N-dealkylation sites (tertiary alicyclic amines) is 1. The molecule has 3 aliphatic rings. The van der Waals surface area contributed by atoms with Crippen LogP contribution in [0, 0.1) is 17.3 Å². The topological polar surface area (TPSA) is 192 Å². The van der Waals surface area contributed by atoms with Crippen LogP contribution in [0.5, 0.6) is 6.01 Å². The Bertz CT molecular complexity index is 1790. The average Bonchev–Trinajstić information content (AvgIpc) is 3.96. The number of imidazole rings is 1. The number of primary amides is 1. The zero-order chi connectivity index (χ0) is 38.9. The van der Waals surface area contributed by atoms with Crippen molar-refractivity contribution in [1.82, 2.24) is 24.5 Å². The minimum absolute atomic E-state index is 0.0726. The first-order valence-corrected chi connectivity index (χ1v) is 20.5. The van der Waals surface area contributed by atoms with Gasteiger partial charge in [-0.2, -0.15) is 4.98 Å². The Labute approximate surface area is 313 Å². The van der Waals surface area contributed by atoms with E-state index in [1.807, 2.05) is 56.5 Å². The zero-order valence-corrected chi connectivity index (χ0v) is 33.1. The van der Waals surface area contributed by atoms with Gasteiger partial charge in [0.05, 0.1) is 22.3 Å². The van der Waals surface area contributed by atoms with Crippen molar-refractivity contribution < 1.29 is 37.1 Å². The minimum Gasteiger partial charge on any atom is -0.459 e. The van der Waals surface area contributed by atoms with E-state index in [0.717, 1.165) is 49.6 Å². The minimum atomic E-state index is -3.70. The molecule has 1 aromatic carbocycles. The Kier molecular flexibility index (Phi) is 11.8. The first-order valence-electron chi connectivity index (χ1n) is 19.0. The van der Waals surface area contributed by atoms with Crippen molar-refractivity contribution in [3.8, 4) is 6.01 Å². The van der Waals surface area contributed by atoms with Gasteiger partial charge in [-0.15, -0.1) is 0 Å². The summed E-state index contributed by atoms with van der Waals surface area (Å²) in [7, 11) is -3.70. The number of nitrogens with zero attached hydrogens (tertiary/aromatic N) is 3. The van der Waals surface area contributed by atoms with E-state index in [0.29, 0.717) is 37.7 Å². The second-order valence-electron chi connectivity index (χ2n) is 17.2. The summed E-state index contributed by atoms with van der Waals surface area (Å²) < 4.78 is 41.6. The number of carbonyl (C=O) groups excluding carboxylic acids is 4. The highest BCUT2D eigenvalue weighted by Crippen LogP contribution is 2.48. The molecule has 0 spiro atoms. The number of rotatable bonds is 16. The van der Waals surface area contributed by atoms with Crippen LogP contribution >= 0.6 is 0 Å². The van der Waals surface area contributed by atoms with Gasteiger partial charge in [-0.25, -0.2) is 13.2 Å². The Balaban J connectivity index is 1.19. The molecule has 2 heterocycles. The van der Waals surface area contributed by atoms with Gasteiger partial charge in [0.15, 0.2) is 0 Å². The third-order valence-corrected chi connectivity index (χ3v) is 12.9. The number of nitrogens with two attached hydrogens (primary N) is 1. The van der Waals surface area contributed by atoms with Crippen molar-refractivity contribution in [2.75, 3.05) is 6.54 Å². The number of para-hydroxylation sites is 2. The number of unbranched alkanes of at least 4 members (excludes halogenated alkanes) is 3. The van der Waals surface area contributed by atoms with E-state index in [9.17, 15) is 27.6 Å². The number of fused-ring (bicyclic) bond motifs is 1. The Morgan fingerprint density at radius 3 is 2.30 bits per heavy atom. The lowest BCUT2D eigenvalue weighted by Gasteiger charge is -2.35. The number of nitrogens with one attached hydrogen (secondary N) is 2. The highest BCUT2D eigenvalue weighted by atomic mass is 32.2. The molecule has 5 atom stereocenters. The Morgan fingerprint density at radius 1 is 1.02 bits per heavy atom. The third-order valence-electron chi connectivity index (χ3n) is 10.7. The Morgan fingerprint density at radius 2 is 1.70 bits per heavy atom. The van der Waals surface area contributed by atoms with E-state index >= 15 is 0 Å². The number of hydrogen-bond acceptors (Lipinski definition) is 9. The lowest BCUT2D eigenvalue weighted by molar-refractivity contribution is -0.141. The number of aromatic nitrogens is 2. The molecule has 53 heavy (non-hydrogen) atoms. The average molecular weight is 759 g/mol. The number of aryl methyl sites for hydroxylation is 1. The van der Waals surface area contributed by atoms with E-state index in [-0.39, 0.29) is 24.8 Å². The van der Waals surface area contributed by atoms with E-state index in [2.05, 4.69) is 10.0 Å². The van der Waals surface area contributed by atoms with Crippen LogP contribution in [0.3, 0.4) is 0 Å². The van der Waals surface area contributed by atoms with Gasteiger partial charge < -0.3 is 25.4 Å². The summed E-state index contributed by atoms with van der Waals surface area (Å²) in [5.41, 5.74) is 5.96. The predicted molar refractivity (Wildman–Crippen MR) is 200 cm³/mol. The van der Waals surface area contributed by atoms with Gasteiger partial charge in [-0.3, -0.25) is 23.7 Å². The maximum atomic E-state index is 14.0. The fourth-order valence-corrected chi connectivity index (χ4v) is 9.03. The predicted octanol–water partition coefficient (Wildman–Crippen LogP) is 4.78. The number of alkyl carbamates (subject to hydrolysis) is 1. The molecule has 1 saturated heterocycles. The van der Waals surface area contributed by atoms with Gasteiger partial charge in [0.1, 0.15) is 23.8 Å². The number of amides is 4. The highest BCUT2D eigenvalue weighted by Gasteiger charge is 2.55. The van der Waals surface area contributed by atoms with Crippen molar-refractivity contribution in [1.29, 1.82) is 0 Å². The fourth-order valence-electron chi connectivity index (χ4n) is 7.34. The van der Waals surface area contributed by atoms with Crippen LogP contribution in [-0.2, 0) is 35.7 Å². The molecule has 5 rings (SSSR count). The van der Waals surface area contributed by atoms with Crippen LogP contribution in [0.15, 0.2) is 24.3 Å². The lowest BCUT2D eigenvalue weighted by atomic mass is 9.85. The smallest absolute Gasteiger partial charge is 0.408 e. The maximum Gasteiger partial charge on any atom is 0.408 e. The molecule has 294 valence electrons. The first-order chi connectivity index (χ1) is 24.7. The molecule has 1 aliphatic heterocycles. The highest BCUT2D eigenvalue weighted by molar-refractivity contribution is 7.91. The van der Waals surface area contributed by atoms with Gasteiger partial charge in [0.2, 0.25) is 27.7 Å². The molecule has 4 amide bonds. The molecule has 14 nitrogen and oxygen atoms in total. The number of sulfonamides is 1. The zero-order valence-electron chi connectivity index (χ0n) is 32.3. The van der Waals surface area contributed by atoms with Crippen molar-refractivity contribution in [2.45, 2.75) is 148 Å². The first kappa shape index (κ1) is 40.3. The van der Waals surface area contributed by atoms with Gasteiger partial charge in [-0.05, 0) is 76.3 Å². The Hall–Kier alpha value is -3.88. The van der Waals surface area contributed by atoms with Crippen molar-refractivity contribution in [3.05, 3.63) is 24.3 Å². The molecule has 3 unspecified atom stereocenters. The molecule has 2 aromatic rings. The second kappa shape index (κ2) is 15.5. The van der Waals surface area contributed by atoms with Crippen LogP contribution in [0.2, 0.25) is 0 Å². The van der Waals surface area contributed by atoms with E-state index in [4.69, 9.17) is 20.2 Å². The molecule has 1 aromatic heterocycles. The molecule has 4 N–H and O–H groups in total. The van der Waals surface area contributed by atoms with Gasteiger partial charge in [0.25, 0.3) is 6.01 Å². The van der Waals surface area contributed by atoms with Gasteiger partial charge in [0, 0.05) is 18.9 Å². The van der Waals surface area contributed by atoms with Crippen LogP contribution in [-0.4, -0.2) is 81.8 Å². The van der Waals surface area contributed by atoms with E-state index < -0.39 is 61.9 Å². The SMILES string of the molecule is CCC1C[C@@H]1C(=O)NS(=O)(=O)C1(CCCCCCn2c(OC3C[C@@H](C(N)=O)N(C(=O)C(NC(=O)OC(C)(C)C)C(C)(C)C)C3)nc3ccccc32)CC1. The molecule has 2 saturated carbocycles. The summed E-state index contributed by atoms with van der Waals surface area (Å²) in [6, 6.07) is 6.11. The summed E-state index contributed by atoms with van der Waals surface area (Å²) >= 11 is 0. The number of hydrogen-bond donors (Lipinski definition) is 3. The number of benzene rings is 1. The standard InChI is InChI=1S/C38H58N6O8S/c1-8-24-21-26(24)32(46)42-53(49,50)38(18-19-38)17-13-9-10-14-20-43-28-16-12-11-15-27(28)40-34(43)51-25-22-29(31(39)45)44(23-25)33(47)30(36(2,3)4)41-35(48)52-37(5,6)7/h11-12,15-16,24-26,29-30H,8-10,13-14,17-23H2,1-7H3,(H2,39,45)(H,41,48)(H,42,46)/t24?,25?,26-,29-,30?/m0/s1. The summed E-state index contributed by atoms with van der Waals surface area (Å²) in [5, 5.41) is 2.71. The fraction of sp³-hybridized carbons (Fsp3) is 0.711. The largest absolute Gasteiger partial charge is 0.459 e. The van der Waals surface area contributed by atoms with Gasteiger partial charge in [-0.1, -0.05) is 65.5 Å². The summed E-state index contributed by atoms with van der Waals surface area (Å²) in [6.45, 7) is 13.4. The monoisotopic (exact) mass is 758 g/mol. The molecule has 0 radical (unpaired) electrons. The summed E-state index contributed by atoms with van der Waals surface area (Å²) in [6.07, 6.45) is 5.40. The maximum absolute atomic E-state index is 14.0. The molecular formula is C38H58N6O8S. The summed E-state index contributed by atoms with van der Waals surface area (Å²) in [4.78, 5) is 58.0. The number of carbonyl (C=O) groups is 4. The van der Waals surface area contributed by atoms with Crippen LogP contribution in [0.4, 0.5) is 4.79 Å². The quantitative estimate of drug-likeness (QED) is 0.202. The van der Waals surface area contributed by atoms with Crippen LogP contribution in [0.1, 0.15) is 113 Å². The summed E-state index contributed by atoms with van der Waals surface area (Å²) in [5.74, 6) is -1.35. The third kappa shape index (κ3) is 9.63. The van der Waals surface area contributed by atoms with Crippen LogP contribution < -0.4 is 20.5 Å². The van der Waals surface area contributed by atoms with Gasteiger partial charge >= 0.3 is 6.09 Å². The van der Waals surface area contributed by atoms with Crippen molar-refractivity contribution >= 4 is 44.9 Å². The normalized spacial score (nSPS) is 23.0. The molecular weight excluding hydrogens is 701 g/mol.